The first-order valence-electron chi connectivity index (χ1n) is 7.06. The lowest BCUT2D eigenvalue weighted by Crippen LogP contribution is -2.30. The molecule has 102 valence electrons. The molecule has 2 unspecified atom stereocenters. The predicted molar refractivity (Wildman–Crippen MR) is 83.8 cm³/mol. The highest BCUT2D eigenvalue weighted by molar-refractivity contribution is 7.18. The van der Waals surface area contributed by atoms with Gasteiger partial charge in [-0.1, -0.05) is 19.8 Å². The van der Waals surface area contributed by atoms with Crippen molar-refractivity contribution in [2.45, 2.75) is 45.6 Å². The lowest BCUT2D eigenvalue weighted by molar-refractivity contribution is 0.349. The molecule has 1 heterocycles. The van der Waals surface area contributed by atoms with Crippen molar-refractivity contribution in [1.29, 1.82) is 0 Å². The fourth-order valence-corrected chi connectivity index (χ4v) is 3.82. The number of rotatable bonds is 2. The van der Waals surface area contributed by atoms with Gasteiger partial charge in [0.1, 0.15) is 0 Å². The van der Waals surface area contributed by atoms with Crippen molar-refractivity contribution in [3.8, 4) is 0 Å². The molecule has 1 aliphatic carbocycles. The molecule has 0 bridgehead atoms. The van der Waals surface area contributed by atoms with Crippen molar-refractivity contribution in [2.24, 2.45) is 5.92 Å². The first kappa shape index (κ1) is 12.7. The van der Waals surface area contributed by atoms with Gasteiger partial charge in [0.25, 0.3) is 0 Å². The van der Waals surface area contributed by atoms with Crippen LogP contribution in [0.3, 0.4) is 0 Å². The average molecular weight is 275 g/mol. The maximum absolute atomic E-state index is 6.17. The van der Waals surface area contributed by atoms with Gasteiger partial charge in [0.05, 0.1) is 26.6 Å². The molecular formula is C15H21N3S. The number of benzene rings is 1. The zero-order valence-corrected chi connectivity index (χ0v) is 12.4. The number of hydrogen-bond acceptors (Lipinski definition) is 4. The minimum Gasteiger partial charge on any atom is -0.397 e. The maximum Gasteiger partial charge on any atom is 0.0907 e. The van der Waals surface area contributed by atoms with Crippen molar-refractivity contribution >= 4 is 32.9 Å². The Morgan fingerprint density at radius 3 is 2.89 bits per heavy atom. The summed E-state index contributed by atoms with van der Waals surface area (Å²) in [7, 11) is 0. The van der Waals surface area contributed by atoms with Gasteiger partial charge in [-0.15, -0.1) is 11.3 Å². The van der Waals surface area contributed by atoms with Crippen LogP contribution in [-0.4, -0.2) is 11.0 Å². The van der Waals surface area contributed by atoms with Crippen LogP contribution in [0.5, 0.6) is 0 Å². The molecule has 0 saturated heterocycles. The summed E-state index contributed by atoms with van der Waals surface area (Å²) in [6.07, 6.45) is 5.24. The molecule has 2 aromatic rings. The van der Waals surface area contributed by atoms with Crippen LogP contribution >= 0.6 is 11.3 Å². The number of nitrogens with two attached hydrogens (primary N) is 1. The highest BCUT2D eigenvalue weighted by atomic mass is 32.1. The topological polar surface area (TPSA) is 50.9 Å². The zero-order chi connectivity index (χ0) is 13.4. The first-order chi connectivity index (χ1) is 9.13. The molecule has 1 aromatic carbocycles. The molecule has 1 aliphatic rings. The fourth-order valence-electron chi connectivity index (χ4n) is 2.96. The maximum atomic E-state index is 6.17. The van der Waals surface area contributed by atoms with Crippen molar-refractivity contribution in [1.82, 2.24) is 4.98 Å². The predicted octanol–water partition coefficient (Wildman–Crippen LogP) is 4.18. The summed E-state index contributed by atoms with van der Waals surface area (Å²) in [6.45, 7) is 4.37. The van der Waals surface area contributed by atoms with Crippen LogP contribution < -0.4 is 11.1 Å². The van der Waals surface area contributed by atoms with Gasteiger partial charge in [-0.25, -0.2) is 4.98 Å². The van der Waals surface area contributed by atoms with Crippen LogP contribution in [0.4, 0.5) is 11.4 Å². The monoisotopic (exact) mass is 275 g/mol. The van der Waals surface area contributed by atoms with Gasteiger partial charge in [0, 0.05) is 6.04 Å². The van der Waals surface area contributed by atoms with E-state index in [1.165, 1.54) is 30.4 Å². The number of nitrogens with one attached hydrogen (secondary N) is 1. The van der Waals surface area contributed by atoms with E-state index in [1.54, 1.807) is 11.3 Å². The first-order valence-corrected chi connectivity index (χ1v) is 7.88. The standard InChI is InChI=1S/C15H21N3S/c1-9-5-3-4-6-12(9)18-13-8-14-15(7-11(13)16)19-10(2)17-14/h7-9,12,18H,3-6,16H2,1-2H3. The third kappa shape index (κ3) is 2.54. The minimum atomic E-state index is 0.549. The van der Waals surface area contributed by atoms with E-state index in [0.29, 0.717) is 6.04 Å². The van der Waals surface area contributed by atoms with E-state index >= 15 is 0 Å². The van der Waals surface area contributed by atoms with Crippen LogP contribution in [0.15, 0.2) is 12.1 Å². The third-order valence-electron chi connectivity index (χ3n) is 4.12. The molecule has 3 rings (SSSR count). The highest BCUT2D eigenvalue weighted by Crippen LogP contribution is 2.33. The molecule has 0 radical (unpaired) electrons. The van der Waals surface area contributed by atoms with Gasteiger partial charge < -0.3 is 11.1 Å². The Kier molecular flexibility index (Phi) is 3.35. The number of anilines is 2. The van der Waals surface area contributed by atoms with Gasteiger partial charge in [-0.05, 0) is 37.8 Å². The quantitative estimate of drug-likeness (QED) is 0.808. The van der Waals surface area contributed by atoms with Crippen LogP contribution in [0.25, 0.3) is 10.2 Å². The summed E-state index contributed by atoms with van der Waals surface area (Å²) in [5.74, 6) is 0.723. The Bertz CT molecular complexity index is 590. The van der Waals surface area contributed by atoms with E-state index in [0.717, 1.165) is 27.8 Å². The number of thiazole rings is 1. The van der Waals surface area contributed by atoms with Crippen LogP contribution in [-0.2, 0) is 0 Å². The SMILES string of the molecule is Cc1nc2cc(NC3CCCCC3C)c(N)cc2s1. The van der Waals surface area contributed by atoms with Gasteiger partial charge in [0.2, 0.25) is 0 Å². The van der Waals surface area contributed by atoms with Crippen molar-refractivity contribution < 1.29 is 0 Å². The van der Waals surface area contributed by atoms with Crippen LogP contribution in [0.2, 0.25) is 0 Å². The summed E-state index contributed by atoms with van der Waals surface area (Å²) < 4.78 is 1.18. The molecule has 2 atom stereocenters. The summed E-state index contributed by atoms with van der Waals surface area (Å²) in [6, 6.07) is 4.71. The second-order valence-electron chi connectivity index (χ2n) is 5.65. The van der Waals surface area contributed by atoms with Crippen molar-refractivity contribution in [2.75, 3.05) is 11.1 Å². The summed E-state index contributed by atoms with van der Waals surface area (Å²) >= 11 is 1.70. The normalized spacial score (nSPS) is 23.7. The van der Waals surface area contributed by atoms with Crippen LogP contribution in [0, 0.1) is 12.8 Å². The molecule has 4 heteroatoms. The summed E-state index contributed by atoms with van der Waals surface area (Å²) in [5.41, 5.74) is 9.13. The Morgan fingerprint density at radius 1 is 1.32 bits per heavy atom. The van der Waals surface area contributed by atoms with Crippen LogP contribution in [0.1, 0.15) is 37.6 Å². The van der Waals surface area contributed by atoms with Gasteiger partial charge in [0.15, 0.2) is 0 Å². The summed E-state index contributed by atoms with van der Waals surface area (Å²) in [5, 5.41) is 4.73. The Morgan fingerprint density at radius 2 is 2.11 bits per heavy atom. The van der Waals surface area contributed by atoms with E-state index in [4.69, 9.17) is 5.73 Å². The number of hydrogen-bond donors (Lipinski definition) is 2. The average Bonchev–Trinajstić information content (AvgIpc) is 2.71. The lowest BCUT2D eigenvalue weighted by Gasteiger charge is -2.30. The minimum absolute atomic E-state index is 0.549. The second-order valence-corrected chi connectivity index (χ2v) is 6.89. The highest BCUT2D eigenvalue weighted by Gasteiger charge is 2.21. The molecule has 19 heavy (non-hydrogen) atoms. The van der Waals surface area contributed by atoms with E-state index < -0.39 is 0 Å². The molecule has 0 aliphatic heterocycles. The molecule has 3 N–H and O–H groups in total. The smallest absolute Gasteiger partial charge is 0.0907 e. The van der Waals surface area contributed by atoms with Crippen molar-refractivity contribution in [3.05, 3.63) is 17.1 Å². The Hall–Kier alpha value is -1.29. The van der Waals surface area contributed by atoms with E-state index in [-0.39, 0.29) is 0 Å². The third-order valence-corrected chi connectivity index (χ3v) is 5.05. The molecule has 1 aromatic heterocycles. The fraction of sp³-hybridized carbons (Fsp3) is 0.533. The number of nitrogen functional groups attached to an aromatic ring is 1. The second kappa shape index (κ2) is 5.00. The number of aryl methyl sites for hydroxylation is 1. The van der Waals surface area contributed by atoms with Gasteiger partial charge >= 0.3 is 0 Å². The molecule has 1 saturated carbocycles. The molecule has 3 nitrogen and oxygen atoms in total. The lowest BCUT2D eigenvalue weighted by atomic mass is 9.86. The molecule has 0 spiro atoms. The van der Waals surface area contributed by atoms with E-state index in [1.807, 2.05) is 6.92 Å². The number of fused-ring (bicyclic) bond motifs is 1. The number of nitrogens with zero attached hydrogens (tertiary/aromatic N) is 1. The van der Waals surface area contributed by atoms with Crippen molar-refractivity contribution in [3.63, 3.8) is 0 Å². The largest absolute Gasteiger partial charge is 0.397 e. The van der Waals surface area contributed by atoms with E-state index in [9.17, 15) is 0 Å². The zero-order valence-electron chi connectivity index (χ0n) is 11.6. The number of aromatic nitrogens is 1. The molecule has 1 fully saturated rings. The van der Waals surface area contributed by atoms with Gasteiger partial charge in [-0.3, -0.25) is 0 Å². The Labute approximate surface area is 118 Å². The molecular weight excluding hydrogens is 254 g/mol. The Balaban J connectivity index is 1.89. The molecule has 0 amide bonds. The van der Waals surface area contributed by atoms with Gasteiger partial charge in [-0.2, -0.15) is 0 Å². The summed E-state index contributed by atoms with van der Waals surface area (Å²) in [4.78, 5) is 4.55. The van der Waals surface area contributed by atoms with E-state index in [2.05, 4.69) is 29.4 Å².